The molecule has 0 unspecified atom stereocenters. The molecule has 0 saturated heterocycles. The first kappa shape index (κ1) is 17.4. The highest BCUT2D eigenvalue weighted by Gasteiger charge is 2.24. The summed E-state index contributed by atoms with van der Waals surface area (Å²) >= 11 is 0. The number of unbranched alkanes of at least 4 members (excludes halogenated alkanes) is 7. The number of rotatable bonds is 12. The highest BCUT2D eigenvalue weighted by atomic mass is 16.1. The molecule has 0 aliphatic rings. The van der Waals surface area contributed by atoms with Gasteiger partial charge in [-0.3, -0.25) is 0 Å². The lowest BCUT2D eigenvalue weighted by atomic mass is 9.87. The molecule has 0 aromatic heterocycles. The zero-order valence-corrected chi connectivity index (χ0v) is 12.6. The van der Waals surface area contributed by atoms with E-state index in [1.54, 1.807) is 6.08 Å². The van der Waals surface area contributed by atoms with Gasteiger partial charge in [0.25, 0.3) is 0 Å². The summed E-state index contributed by atoms with van der Waals surface area (Å²) in [6.07, 6.45) is 15.4. The molecule has 2 nitrogen and oxygen atoms in total. The van der Waals surface area contributed by atoms with Crippen LogP contribution in [0.15, 0.2) is 4.99 Å². The highest BCUT2D eigenvalue weighted by Crippen LogP contribution is 2.27. The monoisotopic (exact) mass is 253 g/mol. The molecule has 0 N–H and O–H groups in total. The molecule has 2 heteroatoms. The Morgan fingerprint density at radius 3 is 1.78 bits per heavy atom. The lowest BCUT2D eigenvalue weighted by Crippen LogP contribution is -2.24. The van der Waals surface area contributed by atoms with E-state index < -0.39 is 0 Å². The SMILES string of the molecule is CCCCCCCCCCC(CC)(CC)N=C=O. The van der Waals surface area contributed by atoms with Crippen LogP contribution in [0.3, 0.4) is 0 Å². The summed E-state index contributed by atoms with van der Waals surface area (Å²) in [4.78, 5) is 14.5. The Bertz CT molecular complexity index is 227. The van der Waals surface area contributed by atoms with Gasteiger partial charge < -0.3 is 0 Å². The molecule has 0 radical (unpaired) electrons. The normalized spacial score (nSPS) is 11.3. The maximum atomic E-state index is 10.5. The highest BCUT2D eigenvalue weighted by molar-refractivity contribution is 5.34. The standard InChI is InChI=1S/C16H31NO/c1-4-7-8-9-10-11-12-13-14-16(5-2,6-3)17-15-18/h4-14H2,1-3H3. The van der Waals surface area contributed by atoms with Gasteiger partial charge in [0, 0.05) is 0 Å². The summed E-state index contributed by atoms with van der Waals surface area (Å²) in [5, 5.41) is 0. The fourth-order valence-corrected chi connectivity index (χ4v) is 2.50. The van der Waals surface area contributed by atoms with Crippen molar-refractivity contribution in [3.8, 4) is 0 Å². The molecule has 0 amide bonds. The Kier molecular flexibility index (Phi) is 11.1. The summed E-state index contributed by atoms with van der Waals surface area (Å²) in [5.74, 6) is 0. The van der Waals surface area contributed by atoms with Crippen molar-refractivity contribution < 1.29 is 4.79 Å². The van der Waals surface area contributed by atoms with Gasteiger partial charge in [0.2, 0.25) is 6.08 Å². The molecule has 0 aliphatic heterocycles. The minimum Gasteiger partial charge on any atom is -0.211 e. The summed E-state index contributed by atoms with van der Waals surface area (Å²) in [7, 11) is 0. The van der Waals surface area contributed by atoms with Gasteiger partial charge in [-0.1, -0.05) is 72.1 Å². The number of carbonyl (C=O) groups excluding carboxylic acids is 1. The first-order chi connectivity index (χ1) is 8.74. The topological polar surface area (TPSA) is 29.4 Å². The zero-order chi connectivity index (χ0) is 13.7. The van der Waals surface area contributed by atoms with Gasteiger partial charge in [0.15, 0.2) is 0 Å². The molecule has 18 heavy (non-hydrogen) atoms. The first-order valence-corrected chi connectivity index (χ1v) is 7.83. The van der Waals surface area contributed by atoms with Crippen LogP contribution in [0, 0.1) is 0 Å². The van der Waals surface area contributed by atoms with Crippen LogP contribution >= 0.6 is 0 Å². The largest absolute Gasteiger partial charge is 0.235 e. The molecule has 0 saturated carbocycles. The number of hydrogen-bond donors (Lipinski definition) is 0. The van der Waals surface area contributed by atoms with E-state index in [2.05, 4.69) is 25.8 Å². The van der Waals surface area contributed by atoms with Crippen molar-refractivity contribution in [1.29, 1.82) is 0 Å². The third-order valence-electron chi connectivity index (χ3n) is 4.09. The molecule has 0 spiro atoms. The minimum atomic E-state index is -0.121. The van der Waals surface area contributed by atoms with E-state index in [4.69, 9.17) is 0 Å². The summed E-state index contributed by atoms with van der Waals surface area (Å²) < 4.78 is 0. The average molecular weight is 253 g/mol. The second kappa shape index (κ2) is 11.5. The van der Waals surface area contributed by atoms with Crippen molar-refractivity contribution in [2.24, 2.45) is 4.99 Å². The van der Waals surface area contributed by atoms with E-state index in [-0.39, 0.29) is 5.54 Å². The van der Waals surface area contributed by atoms with Crippen LogP contribution in [0.5, 0.6) is 0 Å². The maximum Gasteiger partial charge on any atom is 0.235 e. The summed E-state index contributed by atoms with van der Waals surface area (Å²) in [6, 6.07) is 0. The Labute approximate surface area is 113 Å². The Hall–Kier alpha value is -0.620. The fraction of sp³-hybridized carbons (Fsp3) is 0.938. The van der Waals surface area contributed by atoms with Gasteiger partial charge in [-0.2, -0.15) is 4.99 Å². The zero-order valence-electron chi connectivity index (χ0n) is 12.6. The van der Waals surface area contributed by atoms with Crippen molar-refractivity contribution in [3.05, 3.63) is 0 Å². The van der Waals surface area contributed by atoms with Gasteiger partial charge in [-0.05, 0) is 19.3 Å². The third kappa shape index (κ3) is 7.66. The van der Waals surface area contributed by atoms with Gasteiger partial charge >= 0.3 is 0 Å². The van der Waals surface area contributed by atoms with E-state index in [1.165, 1.54) is 51.4 Å². The van der Waals surface area contributed by atoms with E-state index in [9.17, 15) is 4.79 Å². The predicted octanol–water partition coefficient (Wildman–Crippen LogP) is 5.41. The van der Waals surface area contributed by atoms with Crippen LogP contribution in [0.1, 0.15) is 91.4 Å². The number of hydrogen-bond acceptors (Lipinski definition) is 2. The quantitative estimate of drug-likeness (QED) is 0.260. The van der Waals surface area contributed by atoms with Gasteiger partial charge in [0.1, 0.15) is 0 Å². The molecule has 106 valence electrons. The van der Waals surface area contributed by atoms with E-state index >= 15 is 0 Å². The Morgan fingerprint density at radius 2 is 1.33 bits per heavy atom. The van der Waals surface area contributed by atoms with Gasteiger partial charge in [0.05, 0.1) is 5.54 Å². The second-order valence-electron chi connectivity index (χ2n) is 5.36. The molecule has 0 atom stereocenters. The summed E-state index contributed by atoms with van der Waals surface area (Å²) in [6.45, 7) is 6.49. The lowest BCUT2D eigenvalue weighted by molar-refractivity contribution is 0.351. The van der Waals surface area contributed by atoms with Crippen molar-refractivity contribution in [2.75, 3.05) is 0 Å². The fourth-order valence-electron chi connectivity index (χ4n) is 2.50. The lowest BCUT2D eigenvalue weighted by Gasteiger charge is -2.25. The number of isocyanates is 1. The number of aliphatic imine (C=N–C) groups is 1. The molecule has 0 bridgehead atoms. The summed E-state index contributed by atoms with van der Waals surface area (Å²) in [5.41, 5.74) is -0.121. The molecule has 0 rings (SSSR count). The molecular formula is C16H31NO. The van der Waals surface area contributed by atoms with Gasteiger partial charge in [-0.25, -0.2) is 4.79 Å². The molecule has 0 fully saturated rings. The van der Waals surface area contributed by atoms with Crippen LogP contribution < -0.4 is 0 Å². The molecule has 0 heterocycles. The van der Waals surface area contributed by atoms with Gasteiger partial charge in [-0.15, -0.1) is 0 Å². The van der Waals surface area contributed by atoms with Crippen molar-refractivity contribution in [1.82, 2.24) is 0 Å². The molecule has 0 aliphatic carbocycles. The first-order valence-electron chi connectivity index (χ1n) is 7.83. The van der Waals surface area contributed by atoms with Crippen LogP contribution in [0.2, 0.25) is 0 Å². The Balaban J connectivity index is 3.65. The van der Waals surface area contributed by atoms with Crippen LogP contribution in [-0.4, -0.2) is 11.6 Å². The maximum absolute atomic E-state index is 10.5. The minimum absolute atomic E-state index is 0.121. The van der Waals surface area contributed by atoms with E-state index in [1.807, 2.05) is 0 Å². The van der Waals surface area contributed by atoms with Crippen LogP contribution in [0.4, 0.5) is 0 Å². The second-order valence-corrected chi connectivity index (χ2v) is 5.36. The number of nitrogens with zero attached hydrogens (tertiary/aromatic N) is 1. The Morgan fingerprint density at radius 1 is 0.833 bits per heavy atom. The van der Waals surface area contributed by atoms with Crippen molar-refractivity contribution >= 4 is 6.08 Å². The van der Waals surface area contributed by atoms with Crippen LogP contribution in [0.25, 0.3) is 0 Å². The average Bonchev–Trinajstić information content (AvgIpc) is 2.40. The van der Waals surface area contributed by atoms with E-state index in [0.29, 0.717) is 0 Å². The predicted molar refractivity (Wildman–Crippen MR) is 78.7 cm³/mol. The molecular weight excluding hydrogens is 222 g/mol. The van der Waals surface area contributed by atoms with Crippen LogP contribution in [-0.2, 0) is 4.79 Å². The molecule has 0 aromatic carbocycles. The third-order valence-corrected chi connectivity index (χ3v) is 4.09. The smallest absolute Gasteiger partial charge is 0.211 e. The van der Waals surface area contributed by atoms with E-state index in [0.717, 1.165) is 19.3 Å². The van der Waals surface area contributed by atoms with Crippen molar-refractivity contribution in [2.45, 2.75) is 96.9 Å². The molecule has 0 aromatic rings. The van der Waals surface area contributed by atoms with Crippen molar-refractivity contribution in [3.63, 3.8) is 0 Å².